The summed E-state index contributed by atoms with van der Waals surface area (Å²) in [7, 11) is 0. The minimum atomic E-state index is -3.55. The van der Waals surface area contributed by atoms with Gasteiger partial charge in [0.05, 0.1) is 4.92 Å². The molecule has 0 spiro atoms. The highest BCUT2D eigenvalue weighted by molar-refractivity contribution is 5.93. The van der Waals surface area contributed by atoms with Crippen LogP contribution in [0.1, 0.15) is 19.4 Å². The predicted molar refractivity (Wildman–Crippen MR) is 69.4 cm³/mol. The molecule has 1 amide bonds. The molecule has 0 aliphatic carbocycles. The molecule has 13 heteroatoms. The van der Waals surface area contributed by atoms with E-state index in [4.69, 9.17) is 0 Å². The summed E-state index contributed by atoms with van der Waals surface area (Å²) in [5, 5.41) is 27.0. The van der Waals surface area contributed by atoms with Gasteiger partial charge in [0.15, 0.2) is 0 Å². The van der Waals surface area contributed by atoms with Gasteiger partial charge in [0.2, 0.25) is 5.72 Å². The number of halogens is 4. The summed E-state index contributed by atoms with van der Waals surface area (Å²) in [4.78, 5) is 22.1. The molecule has 0 radical (unpaired) electrons. The topological polar surface area (TPSA) is 114 Å². The van der Waals surface area contributed by atoms with E-state index in [0.29, 0.717) is 0 Å². The molecule has 9 nitrogen and oxygen atoms in total. The van der Waals surface area contributed by atoms with Gasteiger partial charge in [0.25, 0.3) is 18.8 Å². The maximum absolute atomic E-state index is 13.1. The molecule has 2 heterocycles. The van der Waals surface area contributed by atoms with Crippen LogP contribution in [0.25, 0.3) is 0 Å². The molecule has 2 rings (SSSR count). The molecule has 0 unspecified atom stereocenters. The molecule has 1 aliphatic heterocycles. The second-order valence-electron chi connectivity index (χ2n) is 5.01. The maximum Gasteiger partial charge on any atom is 0.307 e. The number of carbonyl (C=O) groups is 1. The average Bonchev–Trinajstić information content (AvgIpc) is 3.11. The quantitative estimate of drug-likeness (QED) is 0.485. The first-order chi connectivity index (χ1) is 11.1. The summed E-state index contributed by atoms with van der Waals surface area (Å²) >= 11 is 0. The Hall–Kier alpha value is -2.57. The first-order valence-corrected chi connectivity index (χ1v) is 6.46. The van der Waals surface area contributed by atoms with Gasteiger partial charge < -0.3 is 5.11 Å². The van der Waals surface area contributed by atoms with Crippen molar-refractivity contribution in [3.63, 3.8) is 0 Å². The van der Waals surface area contributed by atoms with Gasteiger partial charge in [0, 0.05) is 6.42 Å². The summed E-state index contributed by atoms with van der Waals surface area (Å²) in [6, 6.07) is -1.40. The first kappa shape index (κ1) is 17.8. The minimum Gasteiger partial charge on any atom is -0.364 e. The average molecular weight is 353 g/mol. The second kappa shape index (κ2) is 6.14. The Labute approximate surface area is 131 Å². The van der Waals surface area contributed by atoms with Crippen molar-refractivity contribution in [2.75, 3.05) is 0 Å². The van der Waals surface area contributed by atoms with E-state index < -0.39 is 53.3 Å². The van der Waals surface area contributed by atoms with Crippen molar-refractivity contribution in [3.8, 4) is 0 Å². The largest absolute Gasteiger partial charge is 0.364 e. The third-order valence-electron chi connectivity index (χ3n) is 3.40. The monoisotopic (exact) mass is 353 g/mol. The number of carbonyl (C=O) groups excluding carboxylic acids is 1. The summed E-state index contributed by atoms with van der Waals surface area (Å²) in [6.45, 7) is 1.14. The molecule has 1 aliphatic rings. The summed E-state index contributed by atoms with van der Waals surface area (Å²) in [5.41, 5.74) is -4.74. The molecule has 24 heavy (non-hydrogen) atoms. The molecule has 0 bridgehead atoms. The molecule has 0 saturated carbocycles. The maximum atomic E-state index is 13.1. The van der Waals surface area contributed by atoms with Crippen LogP contribution in [0.3, 0.4) is 0 Å². The fraction of sp³-hybridized carbons (Fsp3) is 0.545. The molecule has 1 aromatic heterocycles. The number of rotatable bonds is 5. The van der Waals surface area contributed by atoms with Crippen LogP contribution < -0.4 is 0 Å². The molecule has 0 fully saturated rings. The van der Waals surface area contributed by atoms with Gasteiger partial charge >= 0.3 is 5.69 Å². The molecule has 1 aromatic rings. The number of nitro groups is 1. The molecular weight excluding hydrogens is 342 g/mol. The van der Waals surface area contributed by atoms with Gasteiger partial charge in [-0.1, -0.05) is 0 Å². The summed E-state index contributed by atoms with van der Waals surface area (Å²) in [6.07, 6.45) is -6.31. The first-order valence-electron chi connectivity index (χ1n) is 6.46. The Kier molecular flexibility index (Phi) is 4.55. The van der Waals surface area contributed by atoms with Crippen LogP contribution in [0.2, 0.25) is 0 Å². The highest BCUT2D eigenvalue weighted by atomic mass is 19.3. The molecule has 0 saturated heterocycles. The lowest BCUT2D eigenvalue weighted by Gasteiger charge is -2.31. The third kappa shape index (κ3) is 2.93. The van der Waals surface area contributed by atoms with Crippen molar-refractivity contribution in [1.82, 2.24) is 14.8 Å². The third-order valence-corrected chi connectivity index (χ3v) is 3.40. The molecule has 2 atom stereocenters. The van der Waals surface area contributed by atoms with Gasteiger partial charge in [-0.05, 0) is 6.92 Å². The van der Waals surface area contributed by atoms with E-state index in [0.717, 1.165) is 24.0 Å². The Morgan fingerprint density at radius 2 is 2.08 bits per heavy atom. The lowest BCUT2D eigenvalue weighted by atomic mass is 10.1. The van der Waals surface area contributed by atoms with E-state index in [1.54, 1.807) is 0 Å². The van der Waals surface area contributed by atoms with Crippen LogP contribution in [0.5, 0.6) is 0 Å². The van der Waals surface area contributed by atoms with Gasteiger partial charge in [-0.2, -0.15) is 15.2 Å². The van der Waals surface area contributed by atoms with E-state index in [1.807, 2.05) is 0 Å². The SMILES string of the molecule is C[C@H](C(=O)N1N=C(C(F)F)C[C@]1(O)C(F)F)n1cc([N+](=O)[O-])cn1. The van der Waals surface area contributed by atoms with E-state index >= 15 is 0 Å². The van der Waals surface area contributed by atoms with Crippen LogP contribution in [0, 0.1) is 10.1 Å². The zero-order chi connectivity index (χ0) is 18.2. The summed E-state index contributed by atoms with van der Waals surface area (Å²) in [5.74, 6) is -1.27. The lowest BCUT2D eigenvalue weighted by molar-refractivity contribution is -0.385. The van der Waals surface area contributed by atoms with E-state index in [9.17, 15) is 37.6 Å². The van der Waals surface area contributed by atoms with Crippen LogP contribution in [0.4, 0.5) is 23.2 Å². The van der Waals surface area contributed by atoms with Crippen molar-refractivity contribution in [3.05, 3.63) is 22.5 Å². The van der Waals surface area contributed by atoms with Crippen molar-refractivity contribution in [2.45, 2.75) is 38.0 Å². The van der Waals surface area contributed by atoms with Crippen LogP contribution in [-0.2, 0) is 4.79 Å². The number of hydrazone groups is 1. The highest BCUT2D eigenvalue weighted by Crippen LogP contribution is 2.34. The number of hydrogen-bond acceptors (Lipinski definition) is 6. The van der Waals surface area contributed by atoms with Crippen LogP contribution in [-0.4, -0.2) is 55.0 Å². The Morgan fingerprint density at radius 3 is 2.54 bits per heavy atom. The number of amides is 1. The van der Waals surface area contributed by atoms with Crippen molar-refractivity contribution in [1.29, 1.82) is 0 Å². The van der Waals surface area contributed by atoms with E-state index in [-0.39, 0.29) is 5.01 Å². The smallest absolute Gasteiger partial charge is 0.307 e. The summed E-state index contributed by atoms with van der Waals surface area (Å²) < 4.78 is 52.3. The van der Waals surface area contributed by atoms with Crippen molar-refractivity contribution >= 4 is 17.3 Å². The Morgan fingerprint density at radius 1 is 1.46 bits per heavy atom. The minimum absolute atomic E-state index is 0.114. The zero-order valence-corrected chi connectivity index (χ0v) is 12.0. The number of hydrogen-bond donors (Lipinski definition) is 1. The Balaban J connectivity index is 2.32. The number of aromatic nitrogens is 2. The van der Waals surface area contributed by atoms with Gasteiger partial charge in [-0.15, -0.1) is 0 Å². The fourth-order valence-corrected chi connectivity index (χ4v) is 2.05. The van der Waals surface area contributed by atoms with E-state index in [2.05, 4.69) is 10.2 Å². The predicted octanol–water partition coefficient (Wildman–Crippen LogP) is 1.16. The second-order valence-corrected chi connectivity index (χ2v) is 5.01. The number of nitrogens with zero attached hydrogens (tertiary/aromatic N) is 5. The molecule has 132 valence electrons. The normalized spacial score (nSPS) is 22.2. The fourth-order valence-electron chi connectivity index (χ4n) is 2.05. The zero-order valence-electron chi connectivity index (χ0n) is 12.0. The highest BCUT2D eigenvalue weighted by Gasteiger charge is 2.54. The van der Waals surface area contributed by atoms with Crippen LogP contribution in [0.15, 0.2) is 17.5 Å². The van der Waals surface area contributed by atoms with Crippen LogP contribution >= 0.6 is 0 Å². The number of aliphatic hydroxyl groups is 1. The standard InChI is InChI=1S/C11H11F4N5O4/c1-5(18-4-6(3-16-18)20(23)24)9(21)19-11(22,10(14)15)2-7(17-19)8(12)13/h3-5,8,10,22H,2H2,1H3/t5-,11+/m1/s1. The molecule has 0 aromatic carbocycles. The lowest BCUT2D eigenvalue weighted by Crippen LogP contribution is -2.53. The van der Waals surface area contributed by atoms with Gasteiger partial charge in [0.1, 0.15) is 24.1 Å². The molecular formula is C11H11F4N5O4. The van der Waals surface area contributed by atoms with Crippen molar-refractivity contribution in [2.24, 2.45) is 5.10 Å². The molecule has 1 N–H and O–H groups in total. The van der Waals surface area contributed by atoms with Crippen molar-refractivity contribution < 1.29 is 32.4 Å². The number of alkyl halides is 4. The Bertz CT molecular complexity index is 694. The van der Waals surface area contributed by atoms with Gasteiger partial charge in [-0.3, -0.25) is 19.6 Å². The van der Waals surface area contributed by atoms with E-state index in [1.165, 1.54) is 0 Å². The van der Waals surface area contributed by atoms with Gasteiger partial charge in [-0.25, -0.2) is 17.6 Å².